The second kappa shape index (κ2) is 9.46. The molecule has 5 atom stereocenters. The van der Waals surface area contributed by atoms with Crippen molar-refractivity contribution < 1.29 is 28.3 Å². The highest BCUT2D eigenvalue weighted by Crippen LogP contribution is 2.44. The van der Waals surface area contributed by atoms with Crippen LogP contribution in [-0.2, 0) is 23.1 Å². The number of nitrogen functional groups attached to an aromatic ring is 1. The molecule has 32 heavy (non-hydrogen) atoms. The molecule has 2 aliphatic rings. The minimum absolute atomic E-state index is 0.0227. The predicted molar refractivity (Wildman–Crippen MR) is 110 cm³/mol. The van der Waals surface area contributed by atoms with Gasteiger partial charge in [-0.2, -0.15) is 4.98 Å². The van der Waals surface area contributed by atoms with Gasteiger partial charge in [-0.25, -0.2) is 4.98 Å². The molecule has 0 aliphatic carbocycles. The molecule has 2 aromatic heterocycles. The smallest absolute Gasteiger partial charge is 0.319 e. The lowest BCUT2D eigenvalue weighted by molar-refractivity contribution is -0.119. The SMILES string of the molecule is [N-]=[N+]=NCC(=O)NCCSc1nc2c(=O)[nH]c(N)nc2n1[C@@H]1OC2CO[PH](=O)O[C@H]2C1O. The standard InChI is InChI=1S/C14H18N9O7PS/c15-13-20-10-7(11(26)21-13)19-14(32-2-1-17-6(24)3-18-22-16)23(10)12-8(25)9-5(29-12)4-28-31(27)30-9/h5,8-9,12,25,31H,1-4H2,(H,17,24)(H3,15,20,21,26)/t5?,8?,9-,12-/m1/s1. The van der Waals surface area contributed by atoms with Gasteiger partial charge in [0.2, 0.25) is 11.9 Å². The van der Waals surface area contributed by atoms with E-state index in [2.05, 4.69) is 30.3 Å². The van der Waals surface area contributed by atoms with E-state index in [-0.39, 0.29) is 42.0 Å². The Morgan fingerprint density at radius 1 is 1.53 bits per heavy atom. The van der Waals surface area contributed by atoms with Crippen LogP contribution >= 0.6 is 20.0 Å². The van der Waals surface area contributed by atoms with Gasteiger partial charge in [-0.3, -0.25) is 23.7 Å². The quantitative estimate of drug-likeness (QED) is 0.0950. The van der Waals surface area contributed by atoms with Crippen molar-refractivity contribution in [3.63, 3.8) is 0 Å². The first-order valence-electron chi connectivity index (χ1n) is 9.24. The molecule has 2 aromatic rings. The summed E-state index contributed by atoms with van der Waals surface area (Å²) in [5.41, 5.74) is 13.4. The first-order chi connectivity index (χ1) is 15.4. The number of nitrogens with two attached hydrogens (primary N) is 1. The number of nitrogens with zero attached hydrogens (tertiary/aromatic N) is 6. The molecule has 1 amide bonds. The number of hydrogen-bond donors (Lipinski definition) is 4. The fraction of sp³-hybridized carbons (Fsp3) is 0.571. The summed E-state index contributed by atoms with van der Waals surface area (Å²) in [5, 5.41) is 16.8. The predicted octanol–water partition coefficient (Wildman–Crippen LogP) is -0.716. The summed E-state index contributed by atoms with van der Waals surface area (Å²) in [5.74, 6) is -0.282. The number of imidazole rings is 1. The number of azide groups is 1. The van der Waals surface area contributed by atoms with Gasteiger partial charge in [-0.1, -0.05) is 16.9 Å². The van der Waals surface area contributed by atoms with E-state index in [4.69, 9.17) is 25.0 Å². The van der Waals surface area contributed by atoms with Crippen LogP contribution in [0.25, 0.3) is 21.6 Å². The number of thioether (sulfide) groups is 1. The minimum Gasteiger partial charge on any atom is -0.386 e. The second-order valence-electron chi connectivity index (χ2n) is 6.67. The highest BCUT2D eigenvalue weighted by Gasteiger charge is 2.50. The summed E-state index contributed by atoms with van der Waals surface area (Å²) in [4.78, 5) is 37.2. The lowest BCUT2D eigenvalue weighted by atomic mass is 10.1. The fourth-order valence-electron chi connectivity index (χ4n) is 3.30. The lowest BCUT2D eigenvalue weighted by Gasteiger charge is -2.24. The number of amides is 1. The van der Waals surface area contributed by atoms with Crippen LogP contribution in [0.1, 0.15) is 6.23 Å². The number of nitrogens with one attached hydrogen (secondary N) is 2. The number of anilines is 1. The van der Waals surface area contributed by atoms with E-state index >= 15 is 0 Å². The van der Waals surface area contributed by atoms with Gasteiger partial charge in [0, 0.05) is 17.2 Å². The molecule has 172 valence electrons. The van der Waals surface area contributed by atoms with Gasteiger partial charge in [0.25, 0.3) is 5.56 Å². The molecule has 2 aliphatic heterocycles. The van der Waals surface area contributed by atoms with Crippen LogP contribution in [0.4, 0.5) is 5.95 Å². The molecule has 0 bridgehead atoms. The van der Waals surface area contributed by atoms with Crippen LogP contribution in [-0.4, -0.2) is 74.3 Å². The van der Waals surface area contributed by atoms with Crippen molar-refractivity contribution in [2.45, 2.75) is 29.7 Å². The lowest BCUT2D eigenvalue weighted by Crippen LogP contribution is -2.37. The molecule has 0 saturated carbocycles. The van der Waals surface area contributed by atoms with Crippen molar-refractivity contribution in [2.75, 3.05) is 31.2 Å². The van der Waals surface area contributed by atoms with Gasteiger partial charge >= 0.3 is 8.25 Å². The maximum Gasteiger partial charge on any atom is 0.319 e. The van der Waals surface area contributed by atoms with Gasteiger partial charge in [-0.15, -0.1) is 0 Å². The third-order valence-corrected chi connectivity index (χ3v) is 6.45. The summed E-state index contributed by atoms with van der Waals surface area (Å²) in [6.45, 7) is -0.148. The Morgan fingerprint density at radius 3 is 3.12 bits per heavy atom. The van der Waals surface area contributed by atoms with E-state index in [9.17, 15) is 19.3 Å². The Hall–Kier alpha value is -2.65. The largest absolute Gasteiger partial charge is 0.386 e. The Labute approximate surface area is 183 Å². The van der Waals surface area contributed by atoms with Crippen molar-refractivity contribution in [1.29, 1.82) is 0 Å². The average molecular weight is 487 g/mol. The Bertz CT molecular complexity index is 1170. The van der Waals surface area contributed by atoms with E-state index in [1.165, 1.54) is 4.57 Å². The van der Waals surface area contributed by atoms with Gasteiger partial charge in [0.05, 0.1) is 6.61 Å². The minimum atomic E-state index is -2.75. The van der Waals surface area contributed by atoms with Crippen LogP contribution < -0.4 is 16.6 Å². The summed E-state index contributed by atoms with van der Waals surface area (Å²) in [6, 6.07) is 0. The van der Waals surface area contributed by atoms with Crippen LogP contribution in [0.3, 0.4) is 0 Å². The summed E-state index contributed by atoms with van der Waals surface area (Å²) in [7, 11) is -2.75. The van der Waals surface area contributed by atoms with E-state index in [0.29, 0.717) is 5.75 Å². The van der Waals surface area contributed by atoms with Crippen molar-refractivity contribution in [1.82, 2.24) is 24.8 Å². The summed E-state index contributed by atoms with van der Waals surface area (Å²) >= 11 is 1.16. The number of aliphatic hydroxyl groups is 1. The molecule has 0 radical (unpaired) electrons. The average Bonchev–Trinajstić information content (AvgIpc) is 3.27. The van der Waals surface area contributed by atoms with E-state index < -0.39 is 44.3 Å². The topological polar surface area (TPSA) is 232 Å². The molecule has 2 saturated heterocycles. The van der Waals surface area contributed by atoms with E-state index in [1.807, 2.05) is 0 Å². The molecule has 0 spiro atoms. The number of rotatable bonds is 7. The van der Waals surface area contributed by atoms with Crippen molar-refractivity contribution in [3.05, 3.63) is 20.8 Å². The Morgan fingerprint density at radius 2 is 2.34 bits per heavy atom. The zero-order chi connectivity index (χ0) is 22.8. The number of aromatic nitrogens is 4. The van der Waals surface area contributed by atoms with Crippen LogP contribution in [0, 0.1) is 0 Å². The maximum atomic E-state index is 12.3. The number of carbonyl (C=O) groups is 1. The highest BCUT2D eigenvalue weighted by atomic mass is 32.2. The number of carbonyl (C=O) groups excluding carboxylic acids is 1. The summed E-state index contributed by atoms with van der Waals surface area (Å²) < 4.78 is 29.1. The van der Waals surface area contributed by atoms with Crippen molar-refractivity contribution in [3.8, 4) is 0 Å². The maximum absolute atomic E-state index is 12.3. The monoisotopic (exact) mass is 487 g/mol. The molecular formula is C14H18N9O7PS. The first kappa shape index (κ1) is 22.5. The van der Waals surface area contributed by atoms with E-state index in [0.717, 1.165) is 11.8 Å². The Kier molecular flexibility index (Phi) is 6.66. The number of hydrogen-bond acceptors (Lipinski definition) is 12. The normalized spacial score (nSPS) is 27.1. The number of H-pyrrole nitrogens is 1. The fourth-order valence-corrected chi connectivity index (χ4v) is 5.06. The van der Waals surface area contributed by atoms with Gasteiger partial charge < -0.3 is 29.9 Å². The zero-order valence-electron chi connectivity index (χ0n) is 16.2. The summed E-state index contributed by atoms with van der Waals surface area (Å²) in [6.07, 6.45) is -3.90. The number of aromatic amines is 1. The number of aliphatic hydroxyl groups excluding tert-OH is 1. The third kappa shape index (κ3) is 4.45. The molecule has 18 heteroatoms. The Balaban J connectivity index is 1.60. The molecule has 2 fully saturated rings. The van der Waals surface area contributed by atoms with Crippen LogP contribution in [0.2, 0.25) is 0 Å². The molecule has 4 heterocycles. The van der Waals surface area contributed by atoms with Gasteiger partial charge in [-0.05, 0) is 5.53 Å². The molecule has 5 N–H and O–H groups in total. The van der Waals surface area contributed by atoms with Crippen LogP contribution in [0.5, 0.6) is 0 Å². The van der Waals surface area contributed by atoms with Crippen molar-refractivity contribution in [2.24, 2.45) is 5.11 Å². The second-order valence-corrected chi connectivity index (χ2v) is 8.76. The first-order valence-corrected chi connectivity index (χ1v) is 11.4. The number of fused-ring (bicyclic) bond motifs is 2. The highest BCUT2D eigenvalue weighted by molar-refractivity contribution is 7.99. The number of ether oxygens (including phenoxy) is 1. The van der Waals surface area contributed by atoms with Crippen molar-refractivity contribution >= 4 is 43.0 Å². The third-order valence-electron chi connectivity index (χ3n) is 4.63. The molecular weight excluding hydrogens is 469 g/mol. The zero-order valence-corrected chi connectivity index (χ0v) is 18.0. The molecule has 4 rings (SSSR count). The van der Waals surface area contributed by atoms with E-state index in [1.54, 1.807) is 0 Å². The van der Waals surface area contributed by atoms with Gasteiger partial charge in [0.1, 0.15) is 24.9 Å². The molecule has 16 nitrogen and oxygen atoms in total. The molecule has 0 aromatic carbocycles. The van der Waals surface area contributed by atoms with Gasteiger partial charge in [0.15, 0.2) is 22.5 Å². The van der Waals surface area contributed by atoms with Crippen LogP contribution in [0.15, 0.2) is 15.1 Å². The molecule has 3 unspecified atom stereocenters.